The number of carbonyl (C=O) groups is 1. The lowest BCUT2D eigenvalue weighted by atomic mass is 9.90. The van der Waals surface area contributed by atoms with E-state index < -0.39 is 17.7 Å². The maximum absolute atomic E-state index is 11.3. The molecule has 1 aliphatic carbocycles. The van der Waals surface area contributed by atoms with Crippen molar-refractivity contribution in [3.8, 4) is 0 Å². The van der Waals surface area contributed by atoms with Crippen LogP contribution in [0.15, 0.2) is 30.3 Å². The molecule has 1 saturated carbocycles. The number of nitrogens with one attached hydrogen (secondary N) is 1. The van der Waals surface area contributed by atoms with Gasteiger partial charge in [-0.25, -0.2) is 0 Å². The zero-order valence-corrected chi connectivity index (χ0v) is 11.0. The Morgan fingerprint density at radius 2 is 1.84 bits per heavy atom. The van der Waals surface area contributed by atoms with Crippen LogP contribution in [0.4, 0.5) is 0 Å². The smallest absolute Gasteiger partial charge is 0.321 e. The fourth-order valence-electron chi connectivity index (χ4n) is 2.66. The Morgan fingerprint density at radius 3 is 2.42 bits per heavy atom. The Labute approximate surface area is 113 Å². The zero-order chi connectivity index (χ0) is 13.7. The molecule has 2 rings (SSSR count). The summed E-state index contributed by atoms with van der Waals surface area (Å²) in [6, 6.07) is 8.75. The Kier molecular flexibility index (Phi) is 4.56. The fourth-order valence-corrected chi connectivity index (χ4v) is 2.66. The van der Waals surface area contributed by atoms with Gasteiger partial charge in [0.2, 0.25) is 0 Å². The molecule has 1 atom stereocenters. The molecule has 4 nitrogen and oxygen atoms in total. The predicted octanol–water partition coefficient (Wildman–Crippen LogP) is 1.92. The average molecular weight is 263 g/mol. The van der Waals surface area contributed by atoms with Crippen LogP contribution >= 0.6 is 0 Å². The molecule has 0 aromatic heterocycles. The summed E-state index contributed by atoms with van der Waals surface area (Å²) in [7, 11) is 0. The molecule has 1 fully saturated rings. The van der Waals surface area contributed by atoms with Gasteiger partial charge in [-0.2, -0.15) is 0 Å². The number of aliphatic hydroxyl groups is 1. The van der Waals surface area contributed by atoms with Gasteiger partial charge in [-0.15, -0.1) is 0 Å². The normalized spacial score (nSPS) is 19.8. The molecule has 3 N–H and O–H groups in total. The topological polar surface area (TPSA) is 69.6 Å². The maximum atomic E-state index is 11.3. The quantitative estimate of drug-likeness (QED) is 0.710. The van der Waals surface area contributed by atoms with E-state index in [1.807, 2.05) is 30.3 Å². The minimum Gasteiger partial charge on any atom is -0.480 e. The van der Waals surface area contributed by atoms with E-state index in [-0.39, 0.29) is 0 Å². The third-order valence-electron chi connectivity index (χ3n) is 3.70. The summed E-state index contributed by atoms with van der Waals surface area (Å²) in [6.07, 6.45) is 4.65. The molecule has 0 amide bonds. The Balaban J connectivity index is 2.02. The molecule has 0 saturated heterocycles. The molecule has 0 bridgehead atoms. The number of aliphatic carboxylic acids is 1. The fraction of sp³-hybridized carbons (Fsp3) is 0.533. The van der Waals surface area contributed by atoms with Crippen molar-refractivity contribution < 1.29 is 15.0 Å². The Bertz CT molecular complexity index is 413. The highest BCUT2D eigenvalue weighted by molar-refractivity contribution is 5.74. The molecule has 1 aliphatic rings. The molecule has 1 aromatic rings. The van der Waals surface area contributed by atoms with Crippen molar-refractivity contribution in [2.75, 3.05) is 0 Å². The predicted molar refractivity (Wildman–Crippen MR) is 72.7 cm³/mol. The van der Waals surface area contributed by atoms with Gasteiger partial charge in [0.15, 0.2) is 0 Å². The number of carboxylic acids is 1. The van der Waals surface area contributed by atoms with Crippen LogP contribution in [-0.2, 0) is 11.2 Å². The van der Waals surface area contributed by atoms with Gasteiger partial charge in [0.25, 0.3) is 0 Å². The van der Waals surface area contributed by atoms with E-state index in [1.165, 1.54) is 0 Å². The minimum atomic E-state index is -1.02. The van der Waals surface area contributed by atoms with Crippen molar-refractivity contribution in [2.24, 2.45) is 0 Å². The second-order valence-electron chi connectivity index (χ2n) is 5.32. The van der Waals surface area contributed by atoms with E-state index in [9.17, 15) is 15.0 Å². The lowest BCUT2D eigenvalue weighted by Gasteiger charge is -2.35. The first kappa shape index (κ1) is 14.0. The highest BCUT2D eigenvalue weighted by Crippen LogP contribution is 2.26. The van der Waals surface area contributed by atoms with E-state index in [4.69, 9.17) is 0 Å². The van der Waals surface area contributed by atoms with E-state index in [0.29, 0.717) is 19.3 Å². The number of carboxylic acid groups (broad SMARTS) is 1. The number of hydrogen-bond donors (Lipinski definition) is 3. The number of rotatable bonds is 5. The summed E-state index contributed by atoms with van der Waals surface area (Å²) in [5.74, 6) is -0.914. The average Bonchev–Trinajstić information content (AvgIpc) is 2.39. The molecule has 104 valence electrons. The molecule has 0 unspecified atom stereocenters. The molecule has 4 heteroatoms. The highest BCUT2D eigenvalue weighted by atomic mass is 16.4. The van der Waals surface area contributed by atoms with Crippen molar-refractivity contribution in [1.29, 1.82) is 0 Å². The van der Waals surface area contributed by atoms with Crippen molar-refractivity contribution in [3.05, 3.63) is 35.9 Å². The number of hydrogen-bond acceptors (Lipinski definition) is 3. The van der Waals surface area contributed by atoms with Gasteiger partial charge < -0.3 is 10.2 Å². The first-order chi connectivity index (χ1) is 9.09. The van der Waals surface area contributed by atoms with Gasteiger partial charge in [0.05, 0.1) is 0 Å². The second-order valence-corrected chi connectivity index (χ2v) is 5.32. The van der Waals surface area contributed by atoms with Gasteiger partial charge >= 0.3 is 5.97 Å². The van der Waals surface area contributed by atoms with Crippen molar-refractivity contribution >= 4 is 5.97 Å². The van der Waals surface area contributed by atoms with E-state index in [1.54, 1.807) is 0 Å². The van der Waals surface area contributed by atoms with Crippen molar-refractivity contribution in [2.45, 2.75) is 50.3 Å². The second kappa shape index (κ2) is 6.17. The van der Waals surface area contributed by atoms with Gasteiger partial charge in [0, 0.05) is 0 Å². The zero-order valence-electron chi connectivity index (χ0n) is 11.0. The standard InChI is InChI=1S/C15H21NO3/c17-14(18)13(11-12-7-3-1-4-8-12)16-15(19)9-5-2-6-10-15/h1,3-4,7-8,13,16,19H,2,5-6,9-11H2,(H,17,18)/t13-/m0/s1. The summed E-state index contributed by atoms with van der Waals surface area (Å²) >= 11 is 0. The third kappa shape index (κ3) is 4.04. The summed E-state index contributed by atoms with van der Waals surface area (Å²) in [5.41, 5.74) is -0.0578. The molecule has 0 radical (unpaired) electrons. The van der Waals surface area contributed by atoms with E-state index in [0.717, 1.165) is 24.8 Å². The van der Waals surface area contributed by atoms with Crippen molar-refractivity contribution in [3.63, 3.8) is 0 Å². The van der Waals surface area contributed by atoms with Crippen LogP contribution in [0.5, 0.6) is 0 Å². The summed E-state index contributed by atoms with van der Waals surface area (Å²) in [5, 5.41) is 22.6. The molecular weight excluding hydrogens is 242 g/mol. The van der Waals surface area contributed by atoms with Gasteiger partial charge in [-0.1, -0.05) is 36.8 Å². The molecular formula is C15H21NO3. The maximum Gasteiger partial charge on any atom is 0.321 e. The highest BCUT2D eigenvalue weighted by Gasteiger charge is 2.33. The summed E-state index contributed by atoms with van der Waals surface area (Å²) in [4.78, 5) is 11.3. The monoisotopic (exact) mass is 263 g/mol. The van der Waals surface area contributed by atoms with Crippen LogP contribution in [0.2, 0.25) is 0 Å². The largest absolute Gasteiger partial charge is 0.480 e. The SMILES string of the molecule is O=C(O)[C@H](Cc1ccccc1)NC1(O)CCCCC1. The van der Waals surface area contributed by atoms with Gasteiger partial charge in [0.1, 0.15) is 11.8 Å². The molecule has 0 spiro atoms. The Morgan fingerprint density at radius 1 is 1.21 bits per heavy atom. The van der Waals surface area contributed by atoms with Gasteiger partial charge in [-0.05, 0) is 37.7 Å². The van der Waals surface area contributed by atoms with Crippen LogP contribution in [-0.4, -0.2) is 27.9 Å². The molecule has 0 heterocycles. The van der Waals surface area contributed by atoms with Crippen LogP contribution in [0, 0.1) is 0 Å². The van der Waals surface area contributed by atoms with Gasteiger partial charge in [-0.3, -0.25) is 10.1 Å². The van der Waals surface area contributed by atoms with Crippen molar-refractivity contribution in [1.82, 2.24) is 5.32 Å². The molecule has 0 aliphatic heterocycles. The molecule has 1 aromatic carbocycles. The van der Waals surface area contributed by atoms with E-state index in [2.05, 4.69) is 5.32 Å². The molecule has 19 heavy (non-hydrogen) atoms. The Hall–Kier alpha value is -1.39. The van der Waals surface area contributed by atoms with Crippen LogP contribution in [0.1, 0.15) is 37.7 Å². The lowest BCUT2D eigenvalue weighted by Crippen LogP contribution is -2.54. The first-order valence-corrected chi connectivity index (χ1v) is 6.86. The first-order valence-electron chi connectivity index (χ1n) is 6.86. The summed E-state index contributed by atoms with van der Waals surface area (Å²) in [6.45, 7) is 0. The lowest BCUT2D eigenvalue weighted by molar-refractivity contribution is -0.143. The minimum absolute atomic E-state index is 0.387. The van der Waals surface area contributed by atoms with Crippen LogP contribution in [0.3, 0.4) is 0 Å². The third-order valence-corrected chi connectivity index (χ3v) is 3.70. The van der Waals surface area contributed by atoms with Crippen LogP contribution < -0.4 is 5.32 Å². The van der Waals surface area contributed by atoms with E-state index >= 15 is 0 Å². The van der Waals surface area contributed by atoms with Crippen LogP contribution in [0.25, 0.3) is 0 Å². The number of benzene rings is 1. The summed E-state index contributed by atoms with van der Waals surface area (Å²) < 4.78 is 0.